The van der Waals surface area contributed by atoms with Crippen LogP contribution < -0.4 is 16.0 Å². The second kappa shape index (κ2) is 8.17. The Kier molecular flexibility index (Phi) is 5.27. The summed E-state index contributed by atoms with van der Waals surface area (Å²) in [7, 11) is 0. The summed E-state index contributed by atoms with van der Waals surface area (Å²) < 4.78 is 0. The summed E-state index contributed by atoms with van der Waals surface area (Å²) in [6.07, 6.45) is 3.36. The Morgan fingerprint density at radius 2 is 1.79 bits per heavy atom. The van der Waals surface area contributed by atoms with Crippen LogP contribution >= 0.6 is 11.6 Å². The summed E-state index contributed by atoms with van der Waals surface area (Å²) in [5.41, 5.74) is 2.67. The molecule has 0 spiro atoms. The van der Waals surface area contributed by atoms with Gasteiger partial charge >= 0.3 is 0 Å². The molecule has 2 aromatic carbocycles. The van der Waals surface area contributed by atoms with E-state index in [9.17, 15) is 4.79 Å². The molecule has 1 fully saturated rings. The van der Waals surface area contributed by atoms with Crippen molar-refractivity contribution >= 4 is 46.3 Å². The Balaban J connectivity index is 1.53. The lowest BCUT2D eigenvalue weighted by molar-refractivity contribution is -0.117. The quantitative estimate of drug-likeness (QED) is 0.543. The molecule has 1 aliphatic carbocycles. The number of carbonyl (C=O) groups is 1. The van der Waals surface area contributed by atoms with Gasteiger partial charge in [-0.3, -0.25) is 4.79 Å². The third kappa shape index (κ3) is 4.62. The van der Waals surface area contributed by atoms with Gasteiger partial charge in [-0.25, -0.2) is 4.98 Å². The van der Waals surface area contributed by atoms with Crippen LogP contribution in [-0.2, 0) is 4.79 Å². The number of rotatable bonds is 6. The molecule has 4 rings (SSSR count). The lowest BCUT2D eigenvalue weighted by Crippen LogP contribution is -2.14. The van der Waals surface area contributed by atoms with E-state index in [0.717, 1.165) is 18.5 Å². The Morgan fingerprint density at radius 1 is 1.07 bits per heavy atom. The molecular formula is C21H17ClN6O. The van der Waals surface area contributed by atoms with E-state index in [4.69, 9.17) is 16.9 Å². The van der Waals surface area contributed by atoms with Crippen LogP contribution in [0.2, 0.25) is 5.02 Å². The van der Waals surface area contributed by atoms with Gasteiger partial charge in [0, 0.05) is 11.6 Å². The second-order valence-corrected chi connectivity index (χ2v) is 7.05. The van der Waals surface area contributed by atoms with Crippen molar-refractivity contribution in [1.29, 1.82) is 5.26 Å². The summed E-state index contributed by atoms with van der Waals surface area (Å²) in [5, 5.41) is 18.4. The average Bonchev–Trinajstić information content (AvgIpc) is 3.58. The summed E-state index contributed by atoms with van der Waals surface area (Å²) in [6.45, 7) is 0. The van der Waals surface area contributed by atoms with Crippen LogP contribution in [0.25, 0.3) is 0 Å². The van der Waals surface area contributed by atoms with Crippen molar-refractivity contribution < 1.29 is 4.79 Å². The number of hydrogen-bond acceptors (Lipinski definition) is 6. The van der Waals surface area contributed by atoms with E-state index in [2.05, 4.69) is 32.0 Å². The van der Waals surface area contributed by atoms with Crippen molar-refractivity contribution in [3.63, 3.8) is 0 Å². The predicted molar refractivity (Wildman–Crippen MR) is 113 cm³/mol. The van der Waals surface area contributed by atoms with E-state index in [0.29, 0.717) is 33.7 Å². The third-order valence-corrected chi connectivity index (χ3v) is 4.68. The molecule has 29 heavy (non-hydrogen) atoms. The van der Waals surface area contributed by atoms with E-state index in [1.807, 2.05) is 24.3 Å². The minimum absolute atomic E-state index is 0.0243. The molecule has 8 heteroatoms. The smallest absolute Gasteiger partial charge is 0.229 e. The van der Waals surface area contributed by atoms with Gasteiger partial charge in [0.25, 0.3) is 0 Å². The number of carbonyl (C=O) groups excluding carboxylic acids is 1. The van der Waals surface area contributed by atoms with Gasteiger partial charge in [-0.1, -0.05) is 23.7 Å². The first-order valence-electron chi connectivity index (χ1n) is 9.09. The number of hydrogen-bond donors (Lipinski definition) is 3. The SMILES string of the molecule is N#Cc1ccc(Nc2ncc(Cl)c(Nc3ccccc3NC(=O)C3CC3)n2)cc1. The van der Waals surface area contributed by atoms with E-state index >= 15 is 0 Å². The van der Waals surface area contributed by atoms with Crippen LogP contribution in [0.15, 0.2) is 54.7 Å². The molecule has 0 unspecified atom stereocenters. The molecule has 1 saturated carbocycles. The number of anilines is 5. The first kappa shape index (κ1) is 18.7. The molecule has 3 aromatic rings. The highest BCUT2D eigenvalue weighted by molar-refractivity contribution is 6.33. The van der Waals surface area contributed by atoms with Crippen LogP contribution in [-0.4, -0.2) is 15.9 Å². The largest absolute Gasteiger partial charge is 0.337 e. The highest BCUT2D eigenvalue weighted by Crippen LogP contribution is 2.33. The van der Waals surface area contributed by atoms with Crippen molar-refractivity contribution in [1.82, 2.24) is 9.97 Å². The zero-order valence-electron chi connectivity index (χ0n) is 15.3. The fourth-order valence-electron chi connectivity index (χ4n) is 2.68. The molecule has 0 aliphatic heterocycles. The molecular weight excluding hydrogens is 388 g/mol. The average molecular weight is 405 g/mol. The van der Waals surface area contributed by atoms with Crippen LogP contribution in [0.4, 0.5) is 28.8 Å². The number of aromatic nitrogens is 2. The highest BCUT2D eigenvalue weighted by atomic mass is 35.5. The van der Waals surface area contributed by atoms with Crippen LogP contribution in [0.5, 0.6) is 0 Å². The molecule has 7 nitrogen and oxygen atoms in total. The van der Waals surface area contributed by atoms with E-state index < -0.39 is 0 Å². The fourth-order valence-corrected chi connectivity index (χ4v) is 2.82. The fraction of sp³-hybridized carbons (Fsp3) is 0.143. The maximum atomic E-state index is 12.1. The second-order valence-electron chi connectivity index (χ2n) is 6.64. The molecule has 1 heterocycles. The molecule has 0 radical (unpaired) electrons. The van der Waals surface area contributed by atoms with Crippen molar-refractivity contribution in [3.8, 4) is 6.07 Å². The van der Waals surface area contributed by atoms with E-state index in [1.165, 1.54) is 6.20 Å². The molecule has 0 bridgehead atoms. The Morgan fingerprint density at radius 3 is 2.48 bits per heavy atom. The van der Waals surface area contributed by atoms with Gasteiger partial charge in [0.1, 0.15) is 5.02 Å². The third-order valence-electron chi connectivity index (χ3n) is 4.40. The number of halogens is 1. The summed E-state index contributed by atoms with van der Waals surface area (Å²) in [6, 6.07) is 16.4. The number of amides is 1. The van der Waals surface area contributed by atoms with Crippen LogP contribution in [0.1, 0.15) is 18.4 Å². The lowest BCUT2D eigenvalue weighted by Gasteiger charge is -2.14. The minimum Gasteiger partial charge on any atom is -0.337 e. The van der Waals surface area contributed by atoms with Crippen molar-refractivity contribution in [2.75, 3.05) is 16.0 Å². The zero-order chi connectivity index (χ0) is 20.2. The Labute approximate surface area is 172 Å². The summed E-state index contributed by atoms with van der Waals surface area (Å²) in [5.74, 6) is 0.886. The maximum absolute atomic E-state index is 12.1. The minimum atomic E-state index is 0.0243. The topological polar surface area (TPSA) is 103 Å². The monoisotopic (exact) mass is 404 g/mol. The number of para-hydroxylation sites is 2. The maximum Gasteiger partial charge on any atom is 0.229 e. The van der Waals surface area contributed by atoms with Crippen molar-refractivity contribution in [2.24, 2.45) is 5.92 Å². The van der Waals surface area contributed by atoms with Crippen LogP contribution in [0.3, 0.4) is 0 Å². The standard InChI is InChI=1S/C21H17ClN6O/c22-16-12-24-21(25-15-9-5-13(11-23)6-10-15)28-19(16)26-17-3-1-2-4-18(17)27-20(29)14-7-8-14/h1-6,9-10,12,14H,7-8H2,(H,27,29)(H2,24,25,26,28). The summed E-state index contributed by atoms with van der Waals surface area (Å²) >= 11 is 6.27. The Bertz CT molecular complexity index is 1090. The number of nitriles is 1. The Hall–Kier alpha value is -3.63. The number of nitrogens with zero attached hydrogens (tertiary/aromatic N) is 3. The van der Waals surface area contributed by atoms with Crippen molar-refractivity contribution in [3.05, 3.63) is 65.3 Å². The first-order valence-corrected chi connectivity index (χ1v) is 9.47. The van der Waals surface area contributed by atoms with Gasteiger partial charge in [-0.05, 0) is 49.2 Å². The molecule has 1 aromatic heterocycles. The van der Waals surface area contributed by atoms with E-state index in [1.54, 1.807) is 24.3 Å². The van der Waals surface area contributed by atoms with Gasteiger partial charge in [0.15, 0.2) is 5.82 Å². The molecule has 0 atom stereocenters. The molecule has 144 valence electrons. The van der Waals surface area contributed by atoms with Gasteiger partial charge in [0.2, 0.25) is 11.9 Å². The molecule has 1 amide bonds. The van der Waals surface area contributed by atoms with Gasteiger partial charge in [-0.2, -0.15) is 10.2 Å². The number of nitrogens with one attached hydrogen (secondary N) is 3. The molecule has 3 N–H and O–H groups in total. The van der Waals surface area contributed by atoms with E-state index in [-0.39, 0.29) is 11.8 Å². The highest BCUT2D eigenvalue weighted by Gasteiger charge is 2.29. The zero-order valence-corrected chi connectivity index (χ0v) is 16.1. The molecule has 1 aliphatic rings. The van der Waals surface area contributed by atoms with Crippen molar-refractivity contribution in [2.45, 2.75) is 12.8 Å². The first-order chi connectivity index (χ1) is 14.1. The van der Waals surface area contributed by atoms with Gasteiger partial charge < -0.3 is 16.0 Å². The van der Waals surface area contributed by atoms with Gasteiger partial charge in [0.05, 0.1) is 29.2 Å². The normalized spacial score (nSPS) is 12.7. The molecule has 0 saturated heterocycles. The predicted octanol–water partition coefficient (Wildman–Crippen LogP) is 4.84. The number of benzene rings is 2. The van der Waals surface area contributed by atoms with Crippen LogP contribution in [0, 0.1) is 17.2 Å². The lowest BCUT2D eigenvalue weighted by atomic mass is 10.2. The summed E-state index contributed by atoms with van der Waals surface area (Å²) in [4.78, 5) is 20.8. The van der Waals surface area contributed by atoms with Gasteiger partial charge in [-0.15, -0.1) is 0 Å².